The van der Waals surface area contributed by atoms with Gasteiger partial charge in [0.1, 0.15) is 0 Å². The third kappa shape index (κ3) is 2.16. The first-order valence-electron chi connectivity index (χ1n) is 7.31. The summed E-state index contributed by atoms with van der Waals surface area (Å²) in [7, 11) is 0. The van der Waals surface area contributed by atoms with E-state index in [1.807, 2.05) is 11.3 Å². The van der Waals surface area contributed by atoms with Gasteiger partial charge in [0.25, 0.3) is 0 Å². The van der Waals surface area contributed by atoms with Gasteiger partial charge in [-0.2, -0.15) is 0 Å². The SMILES string of the molecule is CCN(c1nc2c(s1)CCCC2N)C1CCCC1. The Bertz CT molecular complexity index is 409. The van der Waals surface area contributed by atoms with Crippen molar-refractivity contribution in [3.8, 4) is 0 Å². The van der Waals surface area contributed by atoms with Gasteiger partial charge in [-0.1, -0.05) is 12.8 Å². The smallest absolute Gasteiger partial charge is 0.186 e. The average molecular weight is 265 g/mol. The van der Waals surface area contributed by atoms with Crippen molar-refractivity contribution in [2.75, 3.05) is 11.4 Å². The average Bonchev–Trinajstić information content (AvgIpc) is 3.00. The molecule has 1 aromatic rings. The van der Waals surface area contributed by atoms with E-state index in [4.69, 9.17) is 10.7 Å². The molecule has 1 fully saturated rings. The third-order valence-electron chi connectivity index (χ3n) is 4.34. The maximum atomic E-state index is 6.18. The van der Waals surface area contributed by atoms with Crippen LogP contribution in [0, 0.1) is 0 Å². The van der Waals surface area contributed by atoms with Crippen LogP contribution in [0.4, 0.5) is 5.13 Å². The molecule has 2 N–H and O–H groups in total. The lowest BCUT2D eigenvalue weighted by atomic mass is 9.99. The Kier molecular flexibility index (Phi) is 3.57. The fourth-order valence-corrected chi connectivity index (χ4v) is 4.63. The summed E-state index contributed by atoms with van der Waals surface area (Å²) < 4.78 is 0. The molecule has 1 aromatic heterocycles. The van der Waals surface area contributed by atoms with Crippen LogP contribution in [0.2, 0.25) is 0 Å². The molecule has 1 heterocycles. The first-order chi connectivity index (χ1) is 8.79. The van der Waals surface area contributed by atoms with E-state index in [-0.39, 0.29) is 6.04 Å². The lowest BCUT2D eigenvalue weighted by Crippen LogP contribution is -2.32. The summed E-state index contributed by atoms with van der Waals surface area (Å²) in [6.45, 7) is 3.32. The molecule has 3 rings (SSSR count). The van der Waals surface area contributed by atoms with Gasteiger partial charge < -0.3 is 10.6 Å². The van der Waals surface area contributed by atoms with Gasteiger partial charge in [0.15, 0.2) is 5.13 Å². The largest absolute Gasteiger partial charge is 0.345 e. The Morgan fingerprint density at radius 2 is 2.06 bits per heavy atom. The predicted octanol–water partition coefficient (Wildman–Crippen LogP) is 3.25. The Morgan fingerprint density at radius 1 is 1.28 bits per heavy atom. The van der Waals surface area contributed by atoms with Crippen LogP contribution in [-0.4, -0.2) is 17.6 Å². The molecule has 100 valence electrons. The summed E-state index contributed by atoms with van der Waals surface area (Å²) in [5.74, 6) is 0. The van der Waals surface area contributed by atoms with Gasteiger partial charge in [-0.15, -0.1) is 11.3 Å². The van der Waals surface area contributed by atoms with Crippen molar-refractivity contribution in [1.82, 2.24) is 4.98 Å². The van der Waals surface area contributed by atoms with Gasteiger partial charge in [-0.3, -0.25) is 0 Å². The summed E-state index contributed by atoms with van der Waals surface area (Å²) in [4.78, 5) is 8.83. The topological polar surface area (TPSA) is 42.2 Å². The molecule has 3 nitrogen and oxygen atoms in total. The van der Waals surface area contributed by atoms with Crippen LogP contribution in [0.1, 0.15) is 62.1 Å². The number of nitrogens with two attached hydrogens (primary N) is 1. The van der Waals surface area contributed by atoms with Crippen LogP contribution in [0.15, 0.2) is 0 Å². The highest BCUT2D eigenvalue weighted by molar-refractivity contribution is 7.15. The van der Waals surface area contributed by atoms with Crippen molar-refractivity contribution in [2.24, 2.45) is 5.73 Å². The van der Waals surface area contributed by atoms with Crippen LogP contribution in [0.5, 0.6) is 0 Å². The van der Waals surface area contributed by atoms with Crippen molar-refractivity contribution < 1.29 is 0 Å². The minimum absolute atomic E-state index is 0.182. The number of aromatic nitrogens is 1. The van der Waals surface area contributed by atoms with Gasteiger partial charge in [0.05, 0.1) is 5.69 Å². The Morgan fingerprint density at radius 3 is 2.72 bits per heavy atom. The molecule has 2 aliphatic carbocycles. The Hall–Kier alpha value is -0.610. The molecule has 0 spiro atoms. The van der Waals surface area contributed by atoms with Crippen molar-refractivity contribution in [1.29, 1.82) is 0 Å². The van der Waals surface area contributed by atoms with E-state index in [1.54, 1.807) is 0 Å². The van der Waals surface area contributed by atoms with E-state index in [1.165, 1.54) is 54.2 Å². The van der Waals surface area contributed by atoms with E-state index in [2.05, 4.69) is 11.8 Å². The first kappa shape index (κ1) is 12.4. The molecule has 0 amide bonds. The van der Waals surface area contributed by atoms with E-state index >= 15 is 0 Å². The normalized spacial score (nSPS) is 24.2. The summed E-state index contributed by atoms with van der Waals surface area (Å²) >= 11 is 1.89. The van der Waals surface area contributed by atoms with Crippen molar-refractivity contribution in [3.63, 3.8) is 0 Å². The van der Waals surface area contributed by atoms with Gasteiger partial charge >= 0.3 is 0 Å². The number of thiazole rings is 1. The maximum Gasteiger partial charge on any atom is 0.186 e. The second-order valence-electron chi connectivity index (χ2n) is 5.53. The van der Waals surface area contributed by atoms with E-state index < -0.39 is 0 Å². The fraction of sp³-hybridized carbons (Fsp3) is 0.786. The molecule has 0 aromatic carbocycles. The van der Waals surface area contributed by atoms with Crippen LogP contribution >= 0.6 is 11.3 Å². The zero-order valence-corrected chi connectivity index (χ0v) is 12.0. The number of hydrogen-bond acceptors (Lipinski definition) is 4. The van der Waals surface area contributed by atoms with E-state index in [0.29, 0.717) is 0 Å². The minimum Gasteiger partial charge on any atom is -0.345 e. The number of nitrogens with zero attached hydrogens (tertiary/aromatic N) is 2. The molecule has 1 unspecified atom stereocenters. The molecule has 0 bridgehead atoms. The van der Waals surface area contributed by atoms with Gasteiger partial charge in [0, 0.05) is 23.5 Å². The molecule has 4 heteroatoms. The van der Waals surface area contributed by atoms with Crippen LogP contribution < -0.4 is 10.6 Å². The minimum atomic E-state index is 0.182. The summed E-state index contributed by atoms with van der Waals surface area (Å²) in [6, 6.07) is 0.903. The first-order valence-corrected chi connectivity index (χ1v) is 8.13. The third-order valence-corrected chi connectivity index (χ3v) is 5.51. The lowest BCUT2D eigenvalue weighted by molar-refractivity contribution is 0.561. The second kappa shape index (κ2) is 5.17. The standard InChI is InChI=1S/C14H23N3S/c1-2-17(10-6-3-4-7-10)14-16-13-11(15)8-5-9-12(13)18-14/h10-11H,2-9,15H2,1H3. The molecular weight excluding hydrogens is 242 g/mol. The van der Waals surface area contributed by atoms with Crippen LogP contribution in [0.3, 0.4) is 0 Å². The Labute approximate surface area is 113 Å². The molecule has 0 radical (unpaired) electrons. The lowest BCUT2D eigenvalue weighted by Gasteiger charge is -2.27. The number of rotatable bonds is 3. The van der Waals surface area contributed by atoms with Crippen molar-refractivity contribution in [2.45, 2.75) is 64.0 Å². The molecular formula is C14H23N3S. The van der Waals surface area contributed by atoms with E-state index in [0.717, 1.165) is 19.0 Å². The number of anilines is 1. The molecule has 0 saturated heterocycles. The van der Waals surface area contributed by atoms with Gasteiger partial charge in [-0.25, -0.2) is 4.98 Å². The molecule has 2 aliphatic rings. The fourth-order valence-electron chi connectivity index (χ4n) is 3.33. The quantitative estimate of drug-likeness (QED) is 0.912. The molecule has 1 atom stereocenters. The maximum absolute atomic E-state index is 6.18. The summed E-state index contributed by atoms with van der Waals surface area (Å²) in [6.07, 6.45) is 8.95. The molecule has 1 saturated carbocycles. The van der Waals surface area contributed by atoms with E-state index in [9.17, 15) is 0 Å². The number of aryl methyl sites for hydroxylation is 1. The van der Waals surface area contributed by atoms with Crippen LogP contribution in [-0.2, 0) is 6.42 Å². The summed E-state index contributed by atoms with van der Waals surface area (Å²) in [5.41, 5.74) is 7.37. The van der Waals surface area contributed by atoms with Gasteiger partial charge in [-0.05, 0) is 39.0 Å². The van der Waals surface area contributed by atoms with Crippen LogP contribution in [0.25, 0.3) is 0 Å². The molecule has 18 heavy (non-hydrogen) atoms. The monoisotopic (exact) mass is 265 g/mol. The van der Waals surface area contributed by atoms with Crippen molar-refractivity contribution >= 4 is 16.5 Å². The number of hydrogen-bond donors (Lipinski definition) is 1. The zero-order valence-electron chi connectivity index (χ0n) is 11.2. The van der Waals surface area contributed by atoms with Crippen molar-refractivity contribution in [3.05, 3.63) is 10.6 Å². The highest BCUT2D eigenvalue weighted by Crippen LogP contribution is 2.37. The highest BCUT2D eigenvalue weighted by atomic mass is 32.1. The van der Waals surface area contributed by atoms with Gasteiger partial charge in [0.2, 0.25) is 0 Å². The number of fused-ring (bicyclic) bond motifs is 1. The Balaban J connectivity index is 1.86. The second-order valence-corrected chi connectivity index (χ2v) is 6.59. The summed E-state index contributed by atoms with van der Waals surface area (Å²) in [5, 5.41) is 1.23. The predicted molar refractivity (Wildman–Crippen MR) is 77.3 cm³/mol. The zero-order chi connectivity index (χ0) is 12.5. The highest BCUT2D eigenvalue weighted by Gasteiger charge is 2.27. The molecule has 0 aliphatic heterocycles.